The van der Waals surface area contributed by atoms with E-state index in [1.807, 2.05) is 6.92 Å². The first-order valence-corrected chi connectivity index (χ1v) is 6.34. The fourth-order valence-electron chi connectivity index (χ4n) is 1.94. The summed E-state index contributed by atoms with van der Waals surface area (Å²) in [5.74, 6) is 0. The molecule has 1 aliphatic rings. The van der Waals surface area contributed by atoms with E-state index in [4.69, 9.17) is 4.74 Å². The van der Waals surface area contributed by atoms with Gasteiger partial charge in [0.25, 0.3) is 0 Å². The van der Waals surface area contributed by atoms with Crippen LogP contribution in [0.25, 0.3) is 0 Å². The van der Waals surface area contributed by atoms with E-state index in [0.717, 1.165) is 23.7 Å². The Bertz CT molecular complexity index is 326. The molecule has 1 aromatic rings. The maximum absolute atomic E-state index is 5.53. The quantitative estimate of drug-likeness (QED) is 0.858. The molecule has 0 spiro atoms. The van der Waals surface area contributed by atoms with Gasteiger partial charge < -0.3 is 10.1 Å². The van der Waals surface area contributed by atoms with E-state index in [0.29, 0.717) is 18.2 Å². The normalized spacial score (nSPS) is 28.2. The first-order valence-electron chi connectivity index (χ1n) is 5.46. The van der Waals surface area contributed by atoms with Crippen LogP contribution in [0.1, 0.15) is 37.0 Å². The summed E-state index contributed by atoms with van der Waals surface area (Å²) < 4.78 is 5.53. The van der Waals surface area contributed by atoms with Crippen LogP contribution in [0.2, 0.25) is 0 Å². The minimum absolute atomic E-state index is 0.323. The fraction of sp³-hybridized carbons (Fsp3) is 0.727. The van der Waals surface area contributed by atoms with Gasteiger partial charge in [-0.3, -0.25) is 0 Å². The number of nitrogens with one attached hydrogen (secondary N) is 1. The Kier molecular flexibility index (Phi) is 3.38. The Morgan fingerprint density at radius 1 is 1.67 bits per heavy atom. The number of thiazole rings is 1. The van der Waals surface area contributed by atoms with Gasteiger partial charge in [0.1, 0.15) is 0 Å². The van der Waals surface area contributed by atoms with Gasteiger partial charge in [-0.2, -0.15) is 0 Å². The molecule has 1 saturated heterocycles. The second-order valence-electron chi connectivity index (χ2n) is 4.15. The lowest BCUT2D eigenvalue weighted by Crippen LogP contribution is -2.36. The van der Waals surface area contributed by atoms with Crippen molar-refractivity contribution in [3.8, 4) is 0 Å². The molecule has 2 heterocycles. The van der Waals surface area contributed by atoms with Crippen molar-refractivity contribution in [3.05, 3.63) is 16.1 Å². The number of hydrogen-bond acceptors (Lipinski definition) is 4. The molecule has 0 radical (unpaired) electrons. The Morgan fingerprint density at radius 3 is 3.00 bits per heavy atom. The van der Waals surface area contributed by atoms with Crippen molar-refractivity contribution < 1.29 is 4.74 Å². The lowest BCUT2D eigenvalue weighted by Gasteiger charge is -2.20. The zero-order valence-corrected chi connectivity index (χ0v) is 10.3. The number of aryl methyl sites for hydroxylation is 1. The van der Waals surface area contributed by atoms with Crippen molar-refractivity contribution in [3.63, 3.8) is 0 Å². The highest BCUT2D eigenvalue weighted by atomic mass is 32.1. The van der Waals surface area contributed by atoms with Gasteiger partial charge in [-0.25, -0.2) is 4.98 Å². The zero-order valence-electron chi connectivity index (χ0n) is 9.49. The Morgan fingerprint density at radius 2 is 2.47 bits per heavy atom. The molecule has 4 heteroatoms. The first kappa shape index (κ1) is 11.0. The smallest absolute Gasteiger partial charge is 0.0898 e. The zero-order chi connectivity index (χ0) is 10.8. The average molecular weight is 226 g/mol. The molecule has 1 aromatic heterocycles. The topological polar surface area (TPSA) is 34.2 Å². The standard InChI is InChI=1S/C11H18N2OS/c1-7(11-6-15-9(3)13-11)12-10-4-5-14-8(10)2/h6-8,10,12H,4-5H2,1-3H3. The molecular formula is C11H18N2OS. The van der Waals surface area contributed by atoms with Gasteiger partial charge in [0.15, 0.2) is 0 Å². The molecule has 2 rings (SSSR count). The predicted octanol–water partition coefficient (Wildman–Crippen LogP) is 2.28. The van der Waals surface area contributed by atoms with Gasteiger partial charge in [0.2, 0.25) is 0 Å². The Hall–Kier alpha value is -0.450. The van der Waals surface area contributed by atoms with Crippen LogP contribution in [0.3, 0.4) is 0 Å². The summed E-state index contributed by atoms with van der Waals surface area (Å²) in [6.45, 7) is 7.22. The second kappa shape index (κ2) is 4.60. The van der Waals surface area contributed by atoms with Crippen LogP contribution in [0.5, 0.6) is 0 Å². The molecule has 0 aromatic carbocycles. The molecule has 0 bridgehead atoms. The number of ether oxygens (including phenoxy) is 1. The summed E-state index contributed by atoms with van der Waals surface area (Å²) >= 11 is 1.71. The molecule has 0 aliphatic carbocycles. The highest BCUT2D eigenvalue weighted by molar-refractivity contribution is 7.09. The van der Waals surface area contributed by atoms with Crippen LogP contribution >= 0.6 is 11.3 Å². The summed E-state index contributed by atoms with van der Waals surface area (Å²) in [4.78, 5) is 4.49. The van der Waals surface area contributed by atoms with Gasteiger partial charge in [0.05, 0.1) is 16.8 Å². The Labute approximate surface area is 94.9 Å². The summed E-state index contributed by atoms with van der Waals surface area (Å²) in [5.41, 5.74) is 1.15. The molecular weight excluding hydrogens is 208 g/mol. The van der Waals surface area contributed by atoms with Gasteiger partial charge in [-0.05, 0) is 27.2 Å². The van der Waals surface area contributed by atoms with E-state index in [9.17, 15) is 0 Å². The van der Waals surface area contributed by atoms with Crippen molar-refractivity contribution in [1.29, 1.82) is 0 Å². The van der Waals surface area contributed by atoms with E-state index >= 15 is 0 Å². The number of nitrogens with zero attached hydrogens (tertiary/aromatic N) is 1. The summed E-state index contributed by atoms with van der Waals surface area (Å²) in [6, 6.07) is 0.797. The largest absolute Gasteiger partial charge is 0.377 e. The van der Waals surface area contributed by atoms with Gasteiger partial charge in [-0.15, -0.1) is 11.3 Å². The molecule has 1 aliphatic heterocycles. The number of rotatable bonds is 3. The lowest BCUT2D eigenvalue weighted by atomic mass is 10.1. The van der Waals surface area contributed by atoms with Crippen LogP contribution in [0.15, 0.2) is 5.38 Å². The van der Waals surface area contributed by atoms with Crippen molar-refractivity contribution in [1.82, 2.24) is 10.3 Å². The second-order valence-corrected chi connectivity index (χ2v) is 5.21. The third kappa shape index (κ3) is 2.56. The predicted molar refractivity (Wildman–Crippen MR) is 62.2 cm³/mol. The van der Waals surface area contributed by atoms with Crippen LogP contribution < -0.4 is 5.32 Å². The lowest BCUT2D eigenvalue weighted by molar-refractivity contribution is 0.111. The molecule has 0 amide bonds. The molecule has 0 saturated carbocycles. The highest BCUT2D eigenvalue weighted by Crippen LogP contribution is 2.20. The molecule has 1 fully saturated rings. The fourth-order valence-corrected chi connectivity index (χ4v) is 2.64. The van der Waals surface area contributed by atoms with Crippen LogP contribution in [-0.2, 0) is 4.74 Å². The highest BCUT2D eigenvalue weighted by Gasteiger charge is 2.25. The molecule has 15 heavy (non-hydrogen) atoms. The summed E-state index contributed by atoms with van der Waals surface area (Å²) in [6.07, 6.45) is 1.43. The maximum Gasteiger partial charge on any atom is 0.0898 e. The maximum atomic E-state index is 5.53. The van der Waals surface area contributed by atoms with Crippen molar-refractivity contribution in [2.75, 3.05) is 6.61 Å². The minimum Gasteiger partial charge on any atom is -0.377 e. The SMILES string of the molecule is Cc1nc(C(C)NC2CCOC2C)cs1. The molecule has 84 valence electrons. The molecule has 3 unspecified atom stereocenters. The minimum atomic E-state index is 0.323. The number of hydrogen-bond donors (Lipinski definition) is 1. The van der Waals surface area contributed by atoms with Crippen molar-refractivity contribution in [2.24, 2.45) is 0 Å². The number of aromatic nitrogens is 1. The van der Waals surface area contributed by atoms with E-state index in [-0.39, 0.29) is 0 Å². The van der Waals surface area contributed by atoms with Crippen LogP contribution in [0, 0.1) is 6.92 Å². The van der Waals surface area contributed by atoms with Crippen molar-refractivity contribution >= 4 is 11.3 Å². The van der Waals surface area contributed by atoms with E-state index in [1.165, 1.54) is 0 Å². The van der Waals surface area contributed by atoms with Gasteiger partial charge in [0, 0.05) is 24.1 Å². The monoisotopic (exact) mass is 226 g/mol. The van der Waals surface area contributed by atoms with E-state index in [1.54, 1.807) is 11.3 Å². The van der Waals surface area contributed by atoms with E-state index in [2.05, 4.69) is 29.5 Å². The average Bonchev–Trinajstić information content (AvgIpc) is 2.77. The molecule has 1 N–H and O–H groups in total. The Balaban J connectivity index is 1.94. The van der Waals surface area contributed by atoms with Crippen LogP contribution in [0.4, 0.5) is 0 Å². The first-order chi connectivity index (χ1) is 7.16. The summed E-state index contributed by atoms with van der Waals surface area (Å²) in [7, 11) is 0. The van der Waals surface area contributed by atoms with Crippen molar-refractivity contribution in [2.45, 2.75) is 45.4 Å². The third-order valence-corrected chi connectivity index (χ3v) is 3.71. The third-order valence-electron chi connectivity index (χ3n) is 2.92. The molecule has 3 nitrogen and oxygen atoms in total. The van der Waals surface area contributed by atoms with Gasteiger partial charge in [-0.1, -0.05) is 0 Å². The summed E-state index contributed by atoms with van der Waals surface area (Å²) in [5, 5.41) is 6.84. The van der Waals surface area contributed by atoms with Crippen LogP contribution in [-0.4, -0.2) is 23.7 Å². The van der Waals surface area contributed by atoms with E-state index < -0.39 is 0 Å². The van der Waals surface area contributed by atoms with Gasteiger partial charge >= 0.3 is 0 Å². The molecule has 3 atom stereocenters.